The Morgan fingerprint density at radius 1 is 1.23 bits per heavy atom. The van der Waals surface area contributed by atoms with Crippen LogP contribution in [-0.4, -0.2) is 41.9 Å². The lowest BCUT2D eigenvalue weighted by molar-refractivity contribution is -0.176. The average Bonchev–Trinajstić information content (AvgIpc) is 2.00. The van der Waals surface area contributed by atoms with Gasteiger partial charge in [0, 0.05) is 13.1 Å². The Labute approximate surface area is 74.3 Å². The summed E-state index contributed by atoms with van der Waals surface area (Å²) in [6.45, 7) is -0.0267. The van der Waals surface area contributed by atoms with Gasteiger partial charge in [-0.2, -0.15) is 13.2 Å². The third-order valence-electron chi connectivity index (χ3n) is 2.96. The van der Waals surface area contributed by atoms with Crippen molar-refractivity contribution < 1.29 is 18.3 Å². The predicted octanol–water partition coefficient (Wildman–Crippen LogP) is 0.861. The molecule has 0 aromatic rings. The van der Waals surface area contributed by atoms with Gasteiger partial charge in [-0.3, -0.25) is 4.90 Å². The number of hydrogen-bond donors (Lipinski definition) is 1. The first-order valence-corrected chi connectivity index (χ1v) is 4.43. The number of halogens is 3. The van der Waals surface area contributed by atoms with Crippen LogP contribution in [0.4, 0.5) is 13.2 Å². The fraction of sp³-hybridized carbons (Fsp3) is 1.00. The van der Waals surface area contributed by atoms with Crippen molar-refractivity contribution in [1.29, 1.82) is 0 Å². The van der Waals surface area contributed by atoms with E-state index in [0.717, 1.165) is 6.42 Å². The zero-order valence-corrected chi connectivity index (χ0v) is 7.09. The molecule has 3 aliphatic rings. The van der Waals surface area contributed by atoms with Gasteiger partial charge in [0.2, 0.25) is 0 Å². The van der Waals surface area contributed by atoms with Crippen molar-refractivity contribution in [2.45, 2.75) is 18.7 Å². The Morgan fingerprint density at radius 2 is 1.77 bits per heavy atom. The quantitative estimate of drug-likeness (QED) is 0.670. The van der Waals surface area contributed by atoms with E-state index in [9.17, 15) is 18.3 Å². The average molecular weight is 195 g/mol. The maximum Gasteiger partial charge on any atom is 0.401 e. The van der Waals surface area contributed by atoms with Gasteiger partial charge in [-0.05, 0) is 18.3 Å². The molecule has 3 rings (SSSR count). The van der Waals surface area contributed by atoms with Crippen molar-refractivity contribution in [2.24, 2.45) is 11.8 Å². The molecule has 0 amide bonds. The highest BCUT2D eigenvalue weighted by molar-refractivity contribution is 4.97. The molecule has 2 heterocycles. The van der Waals surface area contributed by atoms with Crippen molar-refractivity contribution in [3.8, 4) is 0 Å². The molecule has 0 aromatic carbocycles. The molecule has 2 saturated heterocycles. The molecule has 2 bridgehead atoms. The van der Waals surface area contributed by atoms with Gasteiger partial charge < -0.3 is 5.11 Å². The normalized spacial score (nSPS) is 40.2. The van der Waals surface area contributed by atoms with Crippen LogP contribution in [0.5, 0.6) is 0 Å². The van der Waals surface area contributed by atoms with Crippen LogP contribution < -0.4 is 0 Å². The van der Waals surface area contributed by atoms with Crippen LogP contribution in [0.3, 0.4) is 0 Å². The van der Waals surface area contributed by atoms with Crippen LogP contribution >= 0.6 is 0 Å². The Hall–Kier alpha value is -0.290. The van der Waals surface area contributed by atoms with E-state index >= 15 is 0 Å². The third-order valence-corrected chi connectivity index (χ3v) is 2.96. The molecule has 1 unspecified atom stereocenters. The number of hydrogen-bond acceptors (Lipinski definition) is 2. The van der Waals surface area contributed by atoms with E-state index in [0.29, 0.717) is 13.1 Å². The molecule has 5 heteroatoms. The summed E-state index contributed by atoms with van der Waals surface area (Å²) < 4.78 is 35.9. The molecule has 13 heavy (non-hydrogen) atoms. The van der Waals surface area contributed by atoms with Gasteiger partial charge in [0.15, 0.2) is 0 Å². The van der Waals surface area contributed by atoms with Crippen molar-refractivity contribution in [3.63, 3.8) is 0 Å². The lowest BCUT2D eigenvalue weighted by Gasteiger charge is -2.51. The van der Waals surface area contributed by atoms with Crippen LogP contribution in [0.25, 0.3) is 0 Å². The number of nitrogens with zero attached hydrogens (tertiary/aromatic N) is 1. The van der Waals surface area contributed by atoms with Crippen LogP contribution in [0.15, 0.2) is 0 Å². The second-order valence-electron chi connectivity index (χ2n) is 4.06. The lowest BCUT2D eigenvalue weighted by atomic mass is 9.68. The van der Waals surface area contributed by atoms with Crippen molar-refractivity contribution >= 4 is 0 Å². The minimum Gasteiger partial charge on any atom is -0.392 e. The van der Waals surface area contributed by atoms with Crippen LogP contribution in [0.1, 0.15) is 6.42 Å². The zero-order valence-electron chi connectivity index (χ0n) is 7.09. The van der Waals surface area contributed by atoms with Crippen LogP contribution in [0, 0.1) is 11.8 Å². The Morgan fingerprint density at radius 3 is 2.15 bits per heavy atom. The van der Waals surface area contributed by atoms with E-state index in [1.54, 1.807) is 0 Å². The Bertz CT molecular complexity index is 194. The van der Waals surface area contributed by atoms with Gasteiger partial charge in [0.25, 0.3) is 0 Å². The van der Waals surface area contributed by atoms with Gasteiger partial charge in [-0.15, -0.1) is 0 Å². The summed E-state index contributed by atoms with van der Waals surface area (Å²) in [7, 11) is 0. The number of fused-ring (bicyclic) bond motifs is 2. The van der Waals surface area contributed by atoms with Gasteiger partial charge in [-0.25, -0.2) is 0 Å². The summed E-state index contributed by atoms with van der Waals surface area (Å²) >= 11 is 0. The van der Waals surface area contributed by atoms with Crippen molar-refractivity contribution in [3.05, 3.63) is 0 Å². The van der Waals surface area contributed by atoms with Crippen molar-refractivity contribution in [2.75, 3.05) is 19.6 Å². The number of rotatable bonds is 1. The fourth-order valence-corrected chi connectivity index (χ4v) is 2.34. The summed E-state index contributed by atoms with van der Waals surface area (Å²) in [5, 5.41) is 9.34. The standard InChI is InChI=1S/C8H12F3NO/c9-8(10,11)4-12-2-5-1-6(3-12)7(5)13/h5-7,13H,1-4H2/t5-,6+,7?. The number of aliphatic hydroxyl groups is 1. The first kappa shape index (κ1) is 9.27. The van der Waals surface area contributed by atoms with Crippen molar-refractivity contribution in [1.82, 2.24) is 4.90 Å². The first-order valence-electron chi connectivity index (χ1n) is 4.43. The summed E-state index contributed by atoms with van der Waals surface area (Å²) in [6.07, 6.45) is -3.55. The van der Waals surface area contributed by atoms with E-state index in [1.807, 2.05) is 0 Å². The maximum atomic E-state index is 12.0. The smallest absolute Gasteiger partial charge is 0.392 e. The van der Waals surface area contributed by atoms with Crippen LogP contribution in [0.2, 0.25) is 0 Å². The minimum absolute atomic E-state index is 0.0844. The van der Waals surface area contributed by atoms with E-state index in [2.05, 4.69) is 0 Å². The van der Waals surface area contributed by atoms with E-state index < -0.39 is 12.7 Å². The fourth-order valence-electron chi connectivity index (χ4n) is 2.34. The predicted molar refractivity (Wildman–Crippen MR) is 40.1 cm³/mol. The monoisotopic (exact) mass is 195 g/mol. The van der Waals surface area contributed by atoms with Crippen LogP contribution in [-0.2, 0) is 0 Å². The molecule has 3 fully saturated rings. The SMILES string of the molecule is OC1[C@@H]2C[C@H]1CN(CC(F)(F)F)C2. The number of aliphatic hydroxyl groups excluding tert-OH is 1. The van der Waals surface area contributed by atoms with E-state index in [-0.39, 0.29) is 17.9 Å². The molecule has 1 N–H and O–H groups in total. The minimum atomic E-state index is -4.10. The molecular weight excluding hydrogens is 183 g/mol. The highest BCUT2D eigenvalue weighted by atomic mass is 19.4. The molecule has 3 atom stereocenters. The topological polar surface area (TPSA) is 23.5 Å². The highest BCUT2D eigenvalue weighted by Gasteiger charge is 2.47. The summed E-state index contributed by atoms with van der Waals surface area (Å²) in [6, 6.07) is 0. The van der Waals surface area contributed by atoms with Gasteiger partial charge in [-0.1, -0.05) is 0 Å². The number of alkyl halides is 3. The molecular formula is C8H12F3NO. The summed E-state index contributed by atoms with van der Waals surface area (Å²) in [5.74, 6) is 0.169. The Balaban J connectivity index is 1.85. The highest BCUT2D eigenvalue weighted by Crippen LogP contribution is 2.40. The zero-order chi connectivity index (χ0) is 9.64. The third kappa shape index (κ3) is 1.81. The molecule has 1 aliphatic carbocycles. The molecule has 0 spiro atoms. The van der Waals surface area contributed by atoms with E-state index in [1.165, 1.54) is 4.90 Å². The Kier molecular flexibility index (Phi) is 2.03. The van der Waals surface area contributed by atoms with Gasteiger partial charge in [0.05, 0.1) is 12.6 Å². The first-order chi connectivity index (χ1) is 5.96. The number of piperidine rings is 2. The molecule has 2 aliphatic heterocycles. The second kappa shape index (κ2) is 2.85. The van der Waals surface area contributed by atoms with E-state index in [4.69, 9.17) is 0 Å². The second-order valence-corrected chi connectivity index (χ2v) is 4.06. The molecule has 0 radical (unpaired) electrons. The lowest BCUT2D eigenvalue weighted by Crippen LogP contribution is -2.59. The maximum absolute atomic E-state index is 12.0. The molecule has 2 nitrogen and oxygen atoms in total. The molecule has 1 saturated carbocycles. The van der Waals surface area contributed by atoms with Gasteiger partial charge >= 0.3 is 6.18 Å². The summed E-state index contributed by atoms with van der Waals surface area (Å²) in [5.41, 5.74) is 0. The largest absolute Gasteiger partial charge is 0.401 e. The molecule has 76 valence electrons. The summed E-state index contributed by atoms with van der Waals surface area (Å²) in [4.78, 5) is 1.39. The molecule has 0 aromatic heterocycles. The van der Waals surface area contributed by atoms with Gasteiger partial charge in [0.1, 0.15) is 0 Å².